The molecule has 2 heterocycles. The fourth-order valence-electron chi connectivity index (χ4n) is 11.3. The minimum Gasteiger partial charge on any atom is -0.550 e. The van der Waals surface area contributed by atoms with E-state index in [4.69, 9.17) is 18.9 Å². The number of carbonyl (C=O) groups excluding carboxylic acids is 4. The van der Waals surface area contributed by atoms with E-state index < -0.39 is 23.9 Å². The maximum Gasteiger partial charge on any atom is 2.00 e. The summed E-state index contributed by atoms with van der Waals surface area (Å²) in [6.07, 6.45) is 28.4. The van der Waals surface area contributed by atoms with Crippen molar-refractivity contribution in [1.29, 1.82) is 0 Å². The van der Waals surface area contributed by atoms with Gasteiger partial charge in [-0.15, -0.1) is 0 Å². The summed E-state index contributed by atoms with van der Waals surface area (Å²) in [4.78, 5) is 45.7. The monoisotopic (exact) mass is 1070 g/mol. The number of carbonyl (C=O) groups is 4. The second kappa shape index (κ2) is 34.2. The predicted molar refractivity (Wildman–Crippen MR) is 302 cm³/mol. The summed E-state index contributed by atoms with van der Waals surface area (Å²) in [7, 11) is 0. The fourth-order valence-corrected chi connectivity index (χ4v) is 11.3. The van der Waals surface area contributed by atoms with Crippen molar-refractivity contribution in [3.8, 4) is 23.0 Å². The van der Waals surface area contributed by atoms with Crippen LogP contribution in [0.3, 0.4) is 0 Å². The Morgan fingerprint density at radius 2 is 0.773 bits per heavy atom. The van der Waals surface area contributed by atoms with Gasteiger partial charge in [-0.25, -0.2) is 0 Å². The summed E-state index contributed by atoms with van der Waals surface area (Å²) in [6.45, 7) is 30.5. The number of rotatable bonds is 32. The zero-order valence-electron chi connectivity index (χ0n) is 49.9. The van der Waals surface area contributed by atoms with Crippen molar-refractivity contribution in [1.82, 2.24) is 0 Å². The molecule has 0 spiro atoms. The molecule has 0 saturated carbocycles. The maximum atomic E-state index is 12.2. The molecule has 0 N–H and O–H groups in total. The summed E-state index contributed by atoms with van der Waals surface area (Å²) in [6, 6.07) is 0. The Labute approximate surface area is 485 Å². The molecule has 11 heteroatoms. The average Bonchev–Trinajstić information content (AvgIpc) is 3.34. The SMILES string of the molecule is CCCCC[C@@H](C)CCC[C@@H](C)CCC[C@]1(C)CCc2c(C)c(OC(=O)CCC(=O)[O-])c(C)c(C)c2O1.CCCCC[C@@H](C)CCC[C@@H](C)CCC[C@]1(C)CCc2c(C)c(OC(=O)CCC(=O)[O-])c(C)c(C)c2O1.[Ca+2]. The molecule has 6 atom stereocenters. The molecular formula is C64H102CaO10. The van der Waals surface area contributed by atoms with Crippen LogP contribution < -0.4 is 29.2 Å². The first kappa shape index (κ1) is 68.3. The maximum absolute atomic E-state index is 12.2. The van der Waals surface area contributed by atoms with Crippen molar-refractivity contribution in [2.24, 2.45) is 23.7 Å². The number of carboxylic acids is 2. The molecule has 2 aromatic carbocycles. The average molecular weight is 1070 g/mol. The van der Waals surface area contributed by atoms with Crippen LogP contribution in [0.15, 0.2) is 0 Å². The molecule has 2 aliphatic heterocycles. The Bertz CT molecular complexity index is 1970. The standard InChI is InChI=1S/2C32H52O5.Ca/c2*1-8-9-10-13-22(2)14-11-15-23(3)16-12-20-32(7)21-19-27-26(6)30(24(4)25(5)31(27)37-32)36-29(35)18-17-28(33)34;/h2*22-23H,8-21H2,1-7H3,(H,33,34);/q;;+2/p-2/t2*22-,23-,32-;/m11./s1. The van der Waals surface area contributed by atoms with Crippen LogP contribution in [0, 0.1) is 65.2 Å². The number of hydrogen-bond acceptors (Lipinski definition) is 10. The number of aliphatic carboxylic acids is 2. The van der Waals surface area contributed by atoms with Crippen LogP contribution in [0.5, 0.6) is 23.0 Å². The third-order valence-electron chi connectivity index (χ3n) is 16.8. The number of carboxylic acid groups (broad SMARTS) is 2. The van der Waals surface area contributed by atoms with Gasteiger partial charge in [0.05, 0.1) is 12.8 Å². The van der Waals surface area contributed by atoms with Gasteiger partial charge in [0.25, 0.3) is 0 Å². The zero-order valence-corrected chi connectivity index (χ0v) is 52.1. The predicted octanol–water partition coefficient (Wildman–Crippen LogP) is 14.3. The van der Waals surface area contributed by atoms with Crippen LogP contribution in [0.2, 0.25) is 0 Å². The van der Waals surface area contributed by atoms with E-state index in [9.17, 15) is 29.4 Å². The largest absolute Gasteiger partial charge is 2.00 e. The van der Waals surface area contributed by atoms with Crippen LogP contribution in [0.25, 0.3) is 0 Å². The molecule has 2 aromatic rings. The normalized spacial score (nSPS) is 18.3. The Kier molecular flexibility index (Phi) is 31.2. The topological polar surface area (TPSA) is 151 Å². The third-order valence-corrected chi connectivity index (χ3v) is 16.8. The van der Waals surface area contributed by atoms with Crippen molar-refractivity contribution < 1.29 is 48.3 Å². The molecule has 0 aromatic heterocycles. The van der Waals surface area contributed by atoms with E-state index >= 15 is 0 Å². The second-order valence-electron chi connectivity index (χ2n) is 23.9. The van der Waals surface area contributed by atoms with Gasteiger partial charge < -0.3 is 38.7 Å². The summed E-state index contributed by atoms with van der Waals surface area (Å²) < 4.78 is 24.5. The van der Waals surface area contributed by atoms with E-state index in [1.807, 2.05) is 41.5 Å². The van der Waals surface area contributed by atoms with Gasteiger partial charge >= 0.3 is 49.7 Å². The van der Waals surface area contributed by atoms with E-state index in [1.165, 1.54) is 116 Å². The van der Waals surface area contributed by atoms with Gasteiger partial charge in [-0.3, -0.25) is 9.59 Å². The van der Waals surface area contributed by atoms with Crippen LogP contribution in [0.4, 0.5) is 0 Å². The van der Waals surface area contributed by atoms with E-state index in [-0.39, 0.29) is 74.6 Å². The Morgan fingerprint density at radius 1 is 0.467 bits per heavy atom. The van der Waals surface area contributed by atoms with Gasteiger partial charge in [0.1, 0.15) is 34.2 Å². The Balaban J connectivity index is 0.000000507. The van der Waals surface area contributed by atoms with Gasteiger partial charge in [-0.05, 0) is 177 Å². The van der Waals surface area contributed by atoms with Crippen molar-refractivity contribution >= 4 is 61.6 Å². The van der Waals surface area contributed by atoms with Gasteiger partial charge in [0, 0.05) is 23.1 Å². The molecule has 0 unspecified atom stereocenters. The van der Waals surface area contributed by atoms with E-state index in [1.54, 1.807) is 0 Å². The molecule has 4 rings (SSSR count). The summed E-state index contributed by atoms with van der Waals surface area (Å²) >= 11 is 0. The van der Waals surface area contributed by atoms with E-state index in [0.717, 1.165) is 118 Å². The van der Waals surface area contributed by atoms with Crippen molar-refractivity contribution in [2.75, 3.05) is 0 Å². The van der Waals surface area contributed by atoms with E-state index in [2.05, 4.69) is 55.4 Å². The molecule has 0 saturated heterocycles. The van der Waals surface area contributed by atoms with Gasteiger partial charge in [0.15, 0.2) is 0 Å². The molecular weight excluding hydrogens is 969 g/mol. The number of ether oxygens (including phenoxy) is 4. The summed E-state index contributed by atoms with van der Waals surface area (Å²) in [5, 5.41) is 21.4. The molecule has 75 heavy (non-hydrogen) atoms. The molecule has 0 bridgehead atoms. The first-order valence-corrected chi connectivity index (χ1v) is 29.4. The first-order valence-electron chi connectivity index (χ1n) is 29.4. The Hall–Kier alpha value is -2.82. The van der Waals surface area contributed by atoms with Crippen LogP contribution >= 0.6 is 0 Å². The molecule has 10 nitrogen and oxygen atoms in total. The quantitative estimate of drug-likeness (QED) is 0.0300. The molecule has 420 valence electrons. The molecule has 0 aliphatic carbocycles. The number of unbranched alkanes of at least 4 members (excludes halogenated alkanes) is 4. The van der Waals surface area contributed by atoms with Crippen LogP contribution in [0.1, 0.15) is 267 Å². The van der Waals surface area contributed by atoms with Crippen molar-refractivity contribution in [3.05, 3.63) is 44.5 Å². The molecule has 0 amide bonds. The minimum absolute atomic E-state index is 0. The van der Waals surface area contributed by atoms with Gasteiger partial charge in [-0.1, -0.05) is 144 Å². The van der Waals surface area contributed by atoms with Crippen molar-refractivity contribution in [3.63, 3.8) is 0 Å². The minimum atomic E-state index is -1.25. The van der Waals surface area contributed by atoms with Gasteiger partial charge in [-0.2, -0.15) is 0 Å². The van der Waals surface area contributed by atoms with Crippen molar-refractivity contribution in [2.45, 2.75) is 288 Å². The van der Waals surface area contributed by atoms with Crippen LogP contribution in [-0.2, 0) is 32.0 Å². The Morgan fingerprint density at radius 3 is 1.08 bits per heavy atom. The number of esters is 2. The third kappa shape index (κ3) is 23.2. The summed E-state index contributed by atoms with van der Waals surface area (Å²) in [5.41, 5.74) is 7.41. The first-order chi connectivity index (χ1) is 34.9. The number of hydrogen-bond donors (Lipinski definition) is 0. The number of benzene rings is 2. The van der Waals surface area contributed by atoms with Crippen LogP contribution in [-0.4, -0.2) is 72.8 Å². The molecule has 0 radical (unpaired) electrons. The number of fused-ring (bicyclic) bond motifs is 2. The fraction of sp³-hybridized carbons (Fsp3) is 0.750. The molecule has 2 aliphatic rings. The summed E-state index contributed by atoms with van der Waals surface area (Å²) in [5.74, 6) is 2.58. The van der Waals surface area contributed by atoms with Gasteiger partial charge in [0.2, 0.25) is 0 Å². The zero-order chi connectivity index (χ0) is 55.2. The molecule has 0 fully saturated rings. The van der Waals surface area contributed by atoms with E-state index in [0.29, 0.717) is 11.5 Å². The second-order valence-corrected chi connectivity index (χ2v) is 23.9. The smallest absolute Gasteiger partial charge is 0.550 e.